The monoisotopic (exact) mass is 146 g/mol. The van der Waals surface area contributed by atoms with Gasteiger partial charge in [0.05, 0.1) is 0 Å². The Labute approximate surface area is 68.3 Å². The minimum absolute atomic E-state index is 0.801. The standard InChI is InChI=1S/C11H14/c1-3-8(2)11-9-6-4-5-7-10(9)11/h4-8,11H,3H2,1-2H3. The second-order valence-corrected chi connectivity index (χ2v) is 3.49. The first kappa shape index (κ1) is 6.90. The van der Waals surface area contributed by atoms with Crippen LogP contribution in [-0.2, 0) is 0 Å². The van der Waals surface area contributed by atoms with Crippen LogP contribution in [0.25, 0.3) is 0 Å². The average molecular weight is 146 g/mol. The van der Waals surface area contributed by atoms with E-state index in [-0.39, 0.29) is 0 Å². The minimum atomic E-state index is 0.801. The van der Waals surface area contributed by atoms with Gasteiger partial charge in [-0.25, -0.2) is 0 Å². The lowest BCUT2D eigenvalue weighted by Crippen LogP contribution is -1.92. The summed E-state index contributed by atoms with van der Waals surface area (Å²) in [5.74, 6) is 1.64. The van der Waals surface area contributed by atoms with Crippen molar-refractivity contribution in [2.75, 3.05) is 0 Å². The predicted octanol–water partition coefficient (Wildman–Crippen LogP) is 3.18. The van der Waals surface area contributed by atoms with E-state index in [4.69, 9.17) is 0 Å². The predicted molar refractivity (Wildman–Crippen MR) is 47.7 cm³/mol. The smallest absolute Gasteiger partial charge is 0.0121 e. The van der Waals surface area contributed by atoms with E-state index in [1.165, 1.54) is 6.42 Å². The van der Waals surface area contributed by atoms with Crippen molar-refractivity contribution in [2.45, 2.75) is 26.2 Å². The summed E-state index contributed by atoms with van der Waals surface area (Å²) < 4.78 is 0. The molecule has 0 N–H and O–H groups in total. The largest absolute Gasteiger partial charge is 0.0651 e. The van der Waals surface area contributed by atoms with Crippen molar-refractivity contribution in [1.82, 2.24) is 0 Å². The fourth-order valence-corrected chi connectivity index (χ4v) is 1.84. The van der Waals surface area contributed by atoms with Gasteiger partial charge in [-0.2, -0.15) is 0 Å². The van der Waals surface area contributed by atoms with Crippen molar-refractivity contribution in [3.05, 3.63) is 35.4 Å². The quantitative estimate of drug-likeness (QED) is 0.601. The minimum Gasteiger partial charge on any atom is -0.0651 e. The molecule has 0 radical (unpaired) electrons. The number of benzene rings is 1. The summed E-state index contributed by atoms with van der Waals surface area (Å²) in [6.45, 7) is 4.61. The molecule has 0 heteroatoms. The van der Waals surface area contributed by atoms with E-state index in [1.807, 2.05) is 0 Å². The van der Waals surface area contributed by atoms with Gasteiger partial charge in [0.1, 0.15) is 0 Å². The van der Waals surface area contributed by atoms with E-state index < -0.39 is 0 Å². The number of fused-ring (bicyclic) bond motifs is 1. The highest BCUT2D eigenvalue weighted by Crippen LogP contribution is 2.48. The van der Waals surface area contributed by atoms with Crippen LogP contribution in [0.3, 0.4) is 0 Å². The van der Waals surface area contributed by atoms with E-state index in [0.29, 0.717) is 0 Å². The maximum absolute atomic E-state index is 2.34. The van der Waals surface area contributed by atoms with E-state index in [2.05, 4.69) is 38.1 Å². The molecule has 11 heavy (non-hydrogen) atoms. The van der Waals surface area contributed by atoms with Crippen molar-refractivity contribution in [3.63, 3.8) is 0 Å². The Bertz CT molecular complexity index is 239. The van der Waals surface area contributed by atoms with Crippen molar-refractivity contribution >= 4 is 0 Å². The molecule has 2 rings (SSSR count). The van der Waals surface area contributed by atoms with Crippen molar-refractivity contribution in [3.8, 4) is 0 Å². The third kappa shape index (κ3) is 0.973. The molecule has 0 saturated heterocycles. The molecular formula is C11H14. The molecule has 1 aromatic rings. The summed E-state index contributed by atoms with van der Waals surface area (Å²) >= 11 is 0. The normalized spacial score (nSPS) is 17.6. The van der Waals surface area contributed by atoms with Gasteiger partial charge in [0, 0.05) is 5.92 Å². The molecule has 1 aliphatic carbocycles. The summed E-state index contributed by atoms with van der Waals surface area (Å²) in [6.07, 6.45) is 1.29. The van der Waals surface area contributed by atoms with Crippen LogP contribution in [0.15, 0.2) is 24.3 Å². The van der Waals surface area contributed by atoms with E-state index in [0.717, 1.165) is 11.8 Å². The zero-order valence-corrected chi connectivity index (χ0v) is 7.17. The zero-order chi connectivity index (χ0) is 7.84. The van der Waals surface area contributed by atoms with Gasteiger partial charge in [-0.1, -0.05) is 44.5 Å². The third-order valence-electron chi connectivity index (χ3n) is 2.80. The van der Waals surface area contributed by atoms with Crippen molar-refractivity contribution in [1.29, 1.82) is 0 Å². The molecule has 1 aromatic carbocycles. The number of hydrogen-bond acceptors (Lipinski definition) is 0. The van der Waals surface area contributed by atoms with Crippen LogP contribution in [0.2, 0.25) is 0 Å². The Hall–Kier alpha value is -0.780. The highest BCUT2D eigenvalue weighted by atomic mass is 14.4. The fourth-order valence-electron chi connectivity index (χ4n) is 1.84. The Balaban J connectivity index is 2.18. The van der Waals surface area contributed by atoms with Crippen LogP contribution in [0.4, 0.5) is 0 Å². The first-order chi connectivity index (χ1) is 5.34. The lowest BCUT2D eigenvalue weighted by Gasteiger charge is -2.03. The van der Waals surface area contributed by atoms with Crippen LogP contribution in [-0.4, -0.2) is 0 Å². The van der Waals surface area contributed by atoms with Gasteiger partial charge in [0.2, 0.25) is 0 Å². The lowest BCUT2D eigenvalue weighted by molar-refractivity contribution is 0.548. The SMILES string of the molecule is CCC(C)C1c2ccccc21. The number of hydrogen-bond donors (Lipinski definition) is 0. The van der Waals surface area contributed by atoms with E-state index in [1.54, 1.807) is 11.1 Å². The maximum atomic E-state index is 2.34. The number of rotatable bonds is 2. The molecule has 0 amide bonds. The van der Waals surface area contributed by atoms with Crippen molar-refractivity contribution < 1.29 is 0 Å². The average Bonchev–Trinajstić information content (AvgIpc) is 2.77. The zero-order valence-electron chi connectivity index (χ0n) is 7.17. The highest BCUT2D eigenvalue weighted by molar-refractivity contribution is 5.52. The molecule has 0 saturated carbocycles. The molecular weight excluding hydrogens is 132 g/mol. The summed E-state index contributed by atoms with van der Waals surface area (Å²) in [7, 11) is 0. The molecule has 1 unspecified atom stereocenters. The molecule has 0 aromatic heterocycles. The third-order valence-corrected chi connectivity index (χ3v) is 2.80. The van der Waals surface area contributed by atoms with Gasteiger partial charge in [-0.15, -0.1) is 0 Å². The molecule has 1 atom stereocenters. The summed E-state index contributed by atoms with van der Waals surface area (Å²) in [6, 6.07) is 8.79. The molecule has 0 aliphatic heterocycles. The van der Waals surface area contributed by atoms with Gasteiger partial charge in [0.25, 0.3) is 0 Å². The molecule has 0 nitrogen and oxygen atoms in total. The topological polar surface area (TPSA) is 0 Å². The van der Waals surface area contributed by atoms with Crippen LogP contribution in [0.1, 0.15) is 37.3 Å². The molecule has 1 aliphatic rings. The molecule has 0 heterocycles. The molecule has 0 bridgehead atoms. The van der Waals surface area contributed by atoms with Crippen LogP contribution < -0.4 is 0 Å². The van der Waals surface area contributed by atoms with Gasteiger partial charge >= 0.3 is 0 Å². The van der Waals surface area contributed by atoms with Gasteiger partial charge in [-0.05, 0) is 17.0 Å². The summed E-state index contributed by atoms with van der Waals surface area (Å²) in [4.78, 5) is 0. The fraction of sp³-hybridized carbons (Fsp3) is 0.455. The highest BCUT2D eigenvalue weighted by Gasteiger charge is 2.34. The van der Waals surface area contributed by atoms with E-state index >= 15 is 0 Å². The van der Waals surface area contributed by atoms with E-state index in [9.17, 15) is 0 Å². The van der Waals surface area contributed by atoms with Crippen molar-refractivity contribution in [2.24, 2.45) is 5.92 Å². The molecule has 58 valence electrons. The second kappa shape index (κ2) is 2.37. The van der Waals surface area contributed by atoms with Crippen LogP contribution in [0, 0.1) is 5.92 Å². The first-order valence-electron chi connectivity index (χ1n) is 4.43. The lowest BCUT2D eigenvalue weighted by atomic mass is 10.0. The summed E-state index contributed by atoms with van der Waals surface area (Å²) in [5.41, 5.74) is 3.17. The Kier molecular flexibility index (Phi) is 1.49. The van der Waals surface area contributed by atoms with Crippen LogP contribution >= 0.6 is 0 Å². The Morgan fingerprint density at radius 1 is 1.27 bits per heavy atom. The molecule has 0 spiro atoms. The summed E-state index contributed by atoms with van der Waals surface area (Å²) in [5, 5.41) is 0. The second-order valence-electron chi connectivity index (χ2n) is 3.49. The van der Waals surface area contributed by atoms with Gasteiger partial charge < -0.3 is 0 Å². The first-order valence-corrected chi connectivity index (χ1v) is 4.43. The van der Waals surface area contributed by atoms with Crippen LogP contribution in [0.5, 0.6) is 0 Å². The maximum Gasteiger partial charge on any atom is 0.0121 e. The Morgan fingerprint density at radius 2 is 1.82 bits per heavy atom. The van der Waals surface area contributed by atoms with Gasteiger partial charge in [0.15, 0.2) is 0 Å². The molecule has 0 fully saturated rings. The Morgan fingerprint density at radius 3 is 2.27 bits per heavy atom. The van der Waals surface area contributed by atoms with Gasteiger partial charge in [-0.3, -0.25) is 0 Å².